The van der Waals surface area contributed by atoms with Crippen LogP contribution in [0.3, 0.4) is 0 Å². The van der Waals surface area contributed by atoms with Crippen molar-refractivity contribution in [3.05, 3.63) is 64.8 Å². The van der Waals surface area contributed by atoms with Gasteiger partial charge in [0.2, 0.25) is 11.9 Å². The number of aromatic amines is 1. The van der Waals surface area contributed by atoms with Crippen molar-refractivity contribution in [2.75, 3.05) is 42.2 Å². The average Bonchev–Trinajstić information content (AvgIpc) is 3.21. The molecule has 1 atom stereocenters. The van der Waals surface area contributed by atoms with Gasteiger partial charge in [-0.1, -0.05) is 0 Å². The number of amides is 1. The van der Waals surface area contributed by atoms with Crippen molar-refractivity contribution in [1.29, 1.82) is 0 Å². The van der Waals surface area contributed by atoms with Crippen LogP contribution in [0.4, 0.5) is 28.8 Å². The lowest BCUT2D eigenvalue weighted by molar-refractivity contribution is -0.122. The van der Waals surface area contributed by atoms with E-state index in [-0.39, 0.29) is 11.9 Å². The average molecular weight is 475 g/mol. The van der Waals surface area contributed by atoms with Crippen LogP contribution in [0, 0.1) is 6.92 Å². The Morgan fingerprint density at radius 1 is 1.14 bits per heavy atom. The molecule has 35 heavy (non-hydrogen) atoms. The number of fused-ring (bicyclic) bond motifs is 1. The topological polar surface area (TPSA) is 145 Å². The third-order valence-electron chi connectivity index (χ3n) is 6.12. The lowest BCUT2D eigenvalue weighted by Gasteiger charge is -2.39. The maximum atomic E-state index is 11.7. The minimum Gasteiger partial charge on any atom is -0.408 e. The van der Waals surface area contributed by atoms with E-state index in [1.165, 1.54) is 0 Å². The first-order chi connectivity index (χ1) is 16.9. The van der Waals surface area contributed by atoms with E-state index in [2.05, 4.69) is 30.5 Å². The number of carbonyl (C=O) groups is 1. The maximum absolute atomic E-state index is 11.7. The number of hydrogen-bond donors (Lipinski definition) is 4. The van der Waals surface area contributed by atoms with E-state index in [9.17, 15) is 9.59 Å². The Kier molecular flexibility index (Phi) is 5.83. The van der Waals surface area contributed by atoms with E-state index in [1.54, 1.807) is 18.3 Å². The minimum atomic E-state index is -0.492. The fourth-order valence-electron chi connectivity index (χ4n) is 4.10. The molecular weight excluding hydrogens is 448 g/mol. The van der Waals surface area contributed by atoms with Crippen molar-refractivity contribution in [3.63, 3.8) is 0 Å². The van der Waals surface area contributed by atoms with E-state index < -0.39 is 5.76 Å². The van der Waals surface area contributed by atoms with Crippen molar-refractivity contribution in [3.8, 4) is 0 Å². The Labute approximate surface area is 201 Å². The van der Waals surface area contributed by atoms with Crippen molar-refractivity contribution in [2.45, 2.75) is 13.0 Å². The first-order valence-corrected chi connectivity index (χ1v) is 11.2. The third-order valence-corrected chi connectivity index (χ3v) is 6.12. The molecule has 0 spiro atoms. The van der Waals surface area contributed by atoms with Crippen LogP contribution < -0.4 is 27.0 Å². The summed E-state index contributed by atoms with van der Waals surface area (Å²) < 4.78 is 5.05. The van der Waals surface area contributed by atoms with E-state index in [0.717, 1.165) is 35.7 Å². The van der Waals surface area contributed by atoms with E-state index in [1.807, 2.05) is 49.2 Å². The zero-order valence-corrected chi connectivity index (χ0v) is 19.4. The molecule has 1 aliphatic heterocycles. The predicted octanol–water partition coefficient (Wildman–Crippen LogP) is 2.31. The molecule has 0 aliphatic carbocycles. The summed E-state index contributed by atoms with van der Waals surface area (Å²) >= 11 is 0. The van der Waals surface area contributed by atoms with E-state index >= 15 is 0 Å². The van der Waals surface area contributed by atoms with Gasteiger partial charge in [-0.05, 0) is 56.4 Å². The Morgan fingerprint density at radius 3 is 2.69 bits per heavy atom. The number of carbonyl (C=O) groups excluding carboxylic acids is 1. The highest BCUT2D eigenvalue weighted by Gasteiger charge is 2.28. The molecule has 1 aliphatic rings. The van der Waals surface area contributed by atoms with E-state index in [0.29, 0.717) is 29.4 Å². The lowest BCUT2D eigenvalue weighted by atomic mass is 10.1. The van der Waals surface area contributed by atoms with Gasteiger partial charge in [0.25, 0.3) is 0 Å². The number of aromatic nitrogens is 3. The summed E-state index contributed by atoms with van der Waals surface area (Å²) in [6, 6.07) is 12.9. The lowest BCUT2D eigenvalue weighted by Crippen LogP contribution is -2.56. The standard InChI is InChI=1S/C24H26N8O3/c1-14-12-26-23(30-22(14)27-16-5-8-20-18(11-16)29-24(34)35-20)28-15-3-6-17(7-4-15)32-10-9-31(2)19(13-32)21(25)33/h3-8,11-12,19H,9-10,13H2,1-2H3,(H2,25,33)(H,29,34)(H2,26,27,28,30). The Hall–Kier alpha value is -4.38. The molecule has 1 unspecified atom stereocenters. The van der Waals surface area contributed by atoms with Crippen LogP contribution in [0.25, 0.3) is 11.1 Å². The number of oxazole rings is 1. The zero-order valence-electron chi connectivity index (χ0n) is 19.4. The third kappa shape index (κ3) is 4.80. The van der Waals surface area contributed by atoms with Gasteiger partial charge in [0.05, 0.1) is 5.52 Å². The molecule has 0 radical (unpaired) electrons. The SMILES string of the molecule is Cc1cnc(Nc2ccc(N3CCN(C)C(C(N)=O)C3)cc2)nc1Nc1ccc2oc(=O)[nH]c2c1. The highest BCUT2D eigenvalue weighted by atomic mass is 16.4. The minimum absolute atomic E-state index is 0.303. The summed E-state index contributed by atoms with van der Waals surface area (Å²) in [5.74, 6) is 0.277. The zero-order chi connectivity index (χ0) is 24.5. The fraction of sp³-hybridized carbons (Fsp3) is 0.250. The molecule has 180 valence electrons. The van der Waals surface area contributed by atoms with Crippen LogP contribution in [0.5, 0.6) is 0 Å². The Morgan fingerprint density at radius 2 is 1.91 bits per heavy atom. The fourth-order valence-corrected chi connectivity index (χ4v) is 4.10. The summed E-state index contributed by atoms with van der Waals surface area (Å²) in [6.07, 6.45) is 1.73. The van der Waals surface area contributed by atoms with Gasteiger partial charge < -0.3 is 25.7 Å². The molecule has 2 aromatic heterocycles. The second-order valence-electron chi connectivity index (χ2n) is 8.59. The van der Waals surface area contributed by atoms with Crippen LogP contribution in [0.15, 0.2) is 57.9 Å². The molecule has 0 bridgehead atoms. The summed E-state index contributed by atoms with van der Waals surface area (Å²) in [4.78, 5) is 38.9. The summed E-state index contributed by atoms with van der Waals surface area (Å²) in [5, 5.41) is 6.49. The molecule has 1 amide bonds. The van der Waals surface area contributed by atoms with Crippen LogP contribution in [-0.2, 0) is 4.79 Å². The summed E-state index contributed by atoms with van der Waals surface area (Å²) in [5.41, 5.74) is 10.1. The number of piperazine rings is 1. The largest absolute Gasteiger partial charge is 0.417 e. The molecule has 5 N–H and O–H groups in total. The van der Waals surface area contributed by atoms with Crippen LogP contribution in [0.1, 0.15) is 5.56 Å². The second-order valence-corrected chi connectivity index (χ2v) is 8.59. The van der Waals surface area contributed by atoms with Gasteiger partial charge in [0, 0.05) is 48.5 Å². The van der Waals surface area contributed by atoms with Crippen molar-refractivity contribution < 1.29 is 9.21 Å². The molecule has 3 heterocycles. The van der Waals surface area contributed by atoms with Gasteiger partial charge in [-0.15, -0.1) is 0 Å². The van der Waals surface area contributed by atoms with Crippen molar-refractivity contribution >= 4 is 45.8 Å². The first-order valence-electron chi connectivity index (χ1n) is 11.2. The van der Waals surface area contributed by atoms with Gasteiger partial charge in [0.1, 0.15) is 11.9 Å². The number of primary amides is 1. The molecule has 2 aromatic carbocycles. The number of benzene rings is 2. The number of anilines is 5. The smallest absolute Gasteiger partial charge is 0.408 e. The van der Waals surface area contributed by atoms with Gasteiger partial charge >= 0.3 is 5.76 Å². The summed E-state index contributed by atoms with van der Waals surface area (Å²) in [6.45, 7) is 4.06. The molecule has 4 aromatic rings. The van der Waals surface area contributed by atoms with Crippen LogP contribution in [-0.4, -0.2) is 58.5 Å². The maximum Gasteiger partial charge on any atom is 0.417 e. The molecule has 1 saturated heterocycles. The molecule has 0 saturated carbocycles. The van der Waals surface area contributed by atoms with Gasteiger partial charge in [-0.3, -0.25) is 14.7 Å². The van der Waals surface area contributed by atoms with Crippen molar-refractivity contribution in [2.24, 2.45) is 5.73 Å². The number of nitrogens with two attached hydrogens (primary N) is 1. The quantitative estimate of drug-likeness (QED) is 0.331. The number of rotatable bonds is 6. The second kappa shape index (κ2) is 9.11. The monoisotopic (exact) mass is 474 g/mol. The highest BCUT2D eigenvalue weighted by molar-refractivity contribution is 5.81. The van der Waals surface area contributed by atoms with Crippen LogP contribution in [0.2, 0.25) is 0 Å². The summed E-state index contributed by atoms with van der Waals surface area (Å²) in [7, 11) is 1.92. The molecule has 11 nitrogen and oxygen atoms in total. The molecule has 5 rings (SSSR count). The Balaban J connectivity index is 1.29. The van der Waals surface area contributed by atoms with E-state index in [4.69, 9.17) is 10.2 Å². The number of likely N-dealkylation sites (N-methyl/N-ethyl adjacent to an activating group) is 1. The number of nitrogens with zero attached hydrogens (tertiary/aromatic N) is 4. The van der Waals surface area contributed by atoms with Crippen LogP contribution >= 0.6 is 0 Å². The number of nitrogens with one attached hydrogen (secondary N) is 3. The number of hydrogen-bond acceptors (Lipinski definition) is 9. The number of aryl methyl sites for hydroxylation is 1. The Bertz CT molecular complexity index is 1430. The van der Waals surface area contributed by atoms with Crippen molar-refractivity contribution in [1.82, 2.24) is 19.9 Å². The predicted molar refractivity (Wildman–Crippen MR) is 134 cm³/mol. The number of H-pyrrole nitrogens is 1. The highest BCUT2D eigenvalue weighted by Crippen LogP contribution is 2.25. The van der Waals surface area contributed by atoms with Gasteiger partial charge in [-0.2, -0.15) is 4.98 Å². The van der Waals surface area contributed by atoms with Gasteiger partial charge in [-0.25, -0.2) is 9.78 Å². The molecule has 1 fully saturated rings. The normalized spacial score (nSPS) is 16.4. The molecular formula is C24H26N8O3. The van der Waals surface area contributed by atoms with Gasteiger partial charge in [0.15, 0.2) is 5.58 Å². The molecule has 11 heteroatoms. The first kappa shape index (κ1) is 22.4.